The van der Waals surface area contributed by atoms with Gasteiger partial charge in [0.25, 0.3) is 0 Å². The van der Waals surface area contributed by atoms with Crippen LogP contribution in [-0.4, -0.2) is 24.7 Å². The number of aromatic nitrogens is 5. The summed E-state index contributed by atoms with van der Waals surface area (Å²) < 4.78 is 1.79. The highest BCUT2D eigenvalue weighted by Crippen LogP contribution is 2.01. The van der Waals surface area contributed by atoms with Crippen LogP contribution in [0.5, 0.6) is 0 Å². The van der Waals surface area contributed by atoms with Crippen LogP contribution in [0.2, 0.25) is 0 Å². The van der Waals surface area contributed by atoms with Gasteiger partial charge in [-0.15, -0.1) is 10.2 Å². The molecule has 0 amide bonds. The number of hydrogen-bond donors (Lipinski definition) is 1. The van der Waals surface area contributed by atoms with Gasteiger partial charge in [-0.2, -0.15) is 5.26 Å². The maximum Gasteiger partial charge on any atom is 0.224 e. The van der Waals surface area contributed by atoms with Gasteiger partial charge in [0.15, 0.2) is 5.82 Å². The Morgan fingerprint density at radius 3 is 3.12 bits per heavy atom. The Balaban J connectivity index is 2.05. The molecular weight excluding hydrogens is 206 g/mol. The molecule has 0 atom stereocenters. The number of anilines is 1. The molecule has 0 aliphatic rings. The number of aryl methyl sites for hydroxylation is 1. The van der Waals surface area contributed by atoms with Gasteiger partial charge >= 0.3 is 0 Å². The number of nitriles is 1. The van der Waals surface area contributed by atoms with E-state index >= 15 is 0 Å². The lowest BCUT2D eigenvalue weighted by Gasteiger charge is -2.03. The molecule has 1 N–H and O–H groups in total. The van der Waals surface area contributed by atoms with Crippen molar-refractivity contribution < 1.29 is 0 Å². The van der Waals surface area contributed by atoms with Crippen molar-refractivity contribution in [1.82, 2.24) is 24.7 Å². The minimum absolute atomic E-state index is 0.329. The predicted octanol–water partition coefficient (Wildman–Crippen LogP) is 0.0889. The quantitative estimate of drug-likeness (QED) is 0.779. The summed E-state index contributed by atoms with van der Waals surface area (Å²) in [6, 6.07) is 3.50. The van der Waals surface area contributed by atoms with Crippen molar-refractivity contribution in [2.24, 2.45) is 7.05 Å². The maximum absolute atomic E-state index is 8.66. The van der Waals surface area contributed by atoms with Crippen LogP contribution in [-0.2, 0) is 13.6 Å². The molecule has 7 heteroatoms. The normalized spacial score (nSPS) is 9.75. The molecule has 80 valence electrons. The van der Waals surface area contributed by atoms with E-state index in [1.807, 2.05) is 13.1 Å². The second-order valence-electron chi connectivity index (χ2n) is 3.09. The fraction of sp³-hybridized carbons (Fsp3) is 0.222. The summed E-state index contributed by atoms with van der Waals surface area (Å²) >= 11 is 0. The van der Waals surface area contributed by atoms with Gasteiger partial charge in [0.05, 0.1) is 6.54 Å². The molecule has 7 nitrogen and oxygen atoms in total. The second kappa shape index (κ2) is 4.35. The fourth-order valence-corrected chi connectivity index (χ4v) is 1.13. The lowest BCUT2D eigenvalue weighted by atomic mass is 10.4. The SMILES string of the molecule is Cn1cnnc1CNc1nccc(C#N)n1. The molecule has 0 saturated heterocycles. The zero-order valence-corrected chi connectivity index (χ0v) is 8.62. The first-order valence-electron chi connectivity index (χ1n) is 4.59. The van der Waals surface area contributed by atoms with Crippen LogP contribution in [0.25, 0.3) is 0 Å². The standard InChI is InChI=1S/C9H9N7/c1-16-6-13-15-8(16)5-12-9-11-3-2-7(4-10)14-9/h2-3,6H,5H2,1H3,(H,11,12,14). The third-order valence-corrected chi connectivity index (χ3v) is 1.98. The van der Waals surface area contributed by atoms with Crippen molar-refractivity contribution >= 4 is 5.95 Å². The first kappa shape index (κ1) is 10.0. The summed E-state index contributed by atoms with van der Waals surface area (Å²) in [6.07, 6.45) is 3.15. The summed E-state index contributed by atoms with van der Waals surface area (Å²) in [5, 5.41) is 19.3. The molecule has 0 radical (unpaired) electrons. The van der Waals surface area contributed by atoms with Crippen LogP contribution in [0, 0.1) is 11.3 Å². The molecule has 0 fully saturated rings. The van der Waals surface area contributed by atoms with E-state index in [1.165, 1.54) is 6.20 Å². The lowest BCUT2D eigenvalue weighted by Crippen LogP contribution is -2.08. The maximum atomic E-state index is 8.66. The molecule has 2 heterocycles. The molecule has 0 aliphatic carbocycles. The van der Waals surface area contributed by atoms with Gasteiger partial charge < -0.3 is 9.88 Å². The van der Waals surface area contributed by atoms with E-state index in [9.17, 15) is 0 Å². The minimum Gasteiger partial charge on any atom is -0.347 e. The predicted molar refractivity (Wildman–Crippen MR) is 55.1 cm³/mol. The van der Waals surface area contributed by atoms with Gasteiger partial charge in [0, 0.05) is 13.2 Å². The van der Waals surface area contributed by atoms with Crippen molar-refractivity contribution in [3.05, 3.63) is 30.1 Å². The Bertz CT molecular complexity index is 525. The minimum atomic E-state index is 0.329. The zero-order chi connectivity index (χ0) is 11.4. The third-order valence-electron chi connectivity index (χ3n) is 1.98. The first-order chi connectivity index (χ1) is 7.79. The number of nitrogens with zero attached hydrogens (tertiary/aromatic N) is 6. The molecule has 0 unspecified atom stereocenters. The van der Waals surface area contributed by atoms with Gasteiger partial charge in [0.2, 0.25) is 5.95 Å². The molecular formula is C9H9N7. The molecule has 0 bridgehead atoms. The highest BCUT2D eigenvalue weighted by Gasteiger charge is 2.02. The van der Waals surface area contributed by atoms with E-state index in [-0.39, 0.29) is 0 Å². The van der Waals surface area contributed by atoms with Crippen LogP contribution in [0.4, 0.5) is 5.95 Å². The van der Waals surface area contributed by atoms with E-state index in [2.05, 4.69) is 25.5 Å². The Morgan fingerprint density at radius 1 is 1.56 bits per heavy atom. The van der Waals surface area contributed by atoms with E-state index in [1.54, 1.807) is 17.0 Å². The summed E-state index contributed by atoms with van der Waals surface area (Å²) in [4.78, 5) is 7.97. The smallest absolute Gasteiger partial charge is 0.224 e. The molecule has 2 aromatic rings. The van der Waals surface area contributed by atoms with Gasteiger partial charge in [-0.3, -0.25) is 0 Å². The van der Waals surface area contributed by atoms with Crippen molar-refractivity contribution in [3.63, 3.8) is 0 Å². The Kier molecular flexibility index (Phi) is 2.73. The highest BCUT2D eigenvalue weighted by atomic mass is 15.3. The molecule has 0 aromatic carbocycles. The molecule has 0 spiro atoms. The van der Waals surface area contributed by atoms with Crippen molar-refractivity contribution in [2.75, 3.05) is 5.32 Å². The van der Waals surface area contributed by atoms with Gasteiger partial charge in [0.1, 0.15) is 18.1 Å². The van der Waals surface area contributed by atoms with Crippen LogP contribution in [0.3, 0.4) is 0 Å². The van der Waals surface area contributed by atoms with Crippen molar-refractivity contribution in [2.45, 2.75) is 6.54 Å². The summed E-state index contributed by atoms with van der Waals surface area (Å²) in [7, 11) is 1.85. The monoisotopic (exact) mass is 215 g/mol. The molecule has 0 aliphatic heterocycles. The summed E-state index contributed by atoms with van der Waals surface area (Å²) in [5.74, 6) is 1.17. The summed E-state index contributed by atoms with van der Waals surface area (Å²) in [6.45, 7) is 0.464. The Hall–Kier alpha value is -2.49. The molecule has 16 heavy (non-hydrogen) atoms. The Morgan fingerprint density at radius 2 is 2.44 bits per heavy atom. The molecule has 0 saturated carbocycles. The van der Waals surface area contributed by atoms with Crippen molar-refractivity contribution in [3.8, 4) is 6.07 Å². The largest absolute Gasteiger partial charge is 0.347 e. The average molecular weight is 215 g/mol. The number of hydrogen-bond acceptors (Lipinski definition) is 6. The third kappa shape index (κ3) is 2.12. The van der Waals surface area contributed by atoms with Crippen molar-refractivity contribution in [1.29, 1.82) is 5.26 Å². The zero-order valence-electron chi connectivity index (χ0n) is 8.62. The highest BCUT2D eigenvalue weighted by molar-refractivity contribution is 5.30. The van der Waals surface area contributed by atoms with Crippen LogP contribution >= 0.6 is 0 Å². The topological polar surface area (TPSA) is 92.3 Å². The van der Waals surface area contributed by atoms with E-state index in [0.29, 0.717) is 18.2 Å². The van der Waals surface area contributed by atoms with Crippen LogP contribution in [0.15, 0.2) is 18.6 Å². The van der Waals surface area contributed by atoms with Gasteiger partial charge in [-0.25, -0.2) is 9.97 Å². The number of nitrogens with one attached hydrogen (secondary N) is 1. The van der Waals surface area contributed by atoms with Crippen LogP contribution in [0.1, 0.15) is 11.5 Å². The van der Waals surface area contributed by atoms with Gasteiger partial charge in [-0.05, 0) is 6.07 Å². The van der Waals surface area contributed by atoms with Gasteiger partial charge in [-0.1, -0.05) is 0 Å². The average Bonchev–Trinajstić information content (AvgIpc) is 2.72. The fourth-order valence-electron chi connectivity index (χ4n) is 1.13. The molecule has 2 rings (SSSR count). The Labute approximate surface area is 91.8 Å². The number of rotatable bonds is 3. The first-order valence-corrected chi connectivity index (χ1v) is 4.59. The molecule has 2 aromatic heterocycles. The van der Waals surface area contributed by atoms with E-state index in [4.69, 9.17) is 5.26 Å². The van der Waals surface area contributed by atoms with Crippen LogP contribution < -0.4 is 5.32 Å². The van der Waals surface area contributed by atoms with E-state index in [0.717, 1.165) is 5.82 Å². The van der Waals surface area contributed by atoms with E-state index < -0.39 is 0 Å². The second-order valence-corrected chi connectivity index (χ2v) is 3.09. The lowest BCUT2D eigenvalue weighted by molar-refractivity contribution is 0.807. The summed E-state index contributed by atoms with van der Waals surface area (Å²) in [5.41, 5.74) is 0.329.